The molecule has 1 aromatic heterocycles. The molecule has 4 heteroatoms. The molecule has 1 aliphatic heterocycles. The summed E-state index contributed by atoms with van der Waals surface area (Å²) in [4.78, 5) is 11.2. The lowest BCUT2D eigenvalue weighted by molar-refractivity contribution is 0.572. The fraction of sp³-hybridized carbons (Fsp3) is 0.412. The third kappa shape index (κ3) is 3.58. The number of benzene rings is 1. The molecule has 2 heterocycles. The zero-order valence-corrected chi connectivity index (χ0v) is 12.5. The Morgan fingerprint density at radius 1 is 1.10 bits per heavy atom. The van der Waals surface area contributed by atoms with Crippen molar-refractivity contribution in [3.8, 4) is 0 Å². The second-order valence-corrected chi connectivity index (χ2v) is 5.60. The number of nitrogens with zero attached hydrogens (tertiary/aromatic N) is 3. The monoisotopic (exact) mass is 282 g/mol. The van der Waals surface area contributed by atoms with Crippen LogP contribution in [0.1, 0.15) is 36.9 Å². The lowest BCUT2D eigenvalue weighted by Gasteiger charge is -2.16. The first-order valence-corrected chi connectivity index (χ1v) is 7.67. The molecule has 0 radical (unpaired) electrons. The summed E-state index contributed by atoms with van der Waals surface area (Å²) >= 11 is 0. The topological polar surface area (TPSA) is 41.1 Å². The molecule has 1 atom stereocenters. The molecule has 3 rings (SSSR count). The van der Waals surface area contributed by atoms with Crippen LogP contribution in [-0.2, 0) is 6.54 Å². The SMILES string of the molecule is C[C@H](NCc1cnc(N2CCCC2)nc1)c1ccccc1. The van der Waals surface area contributed by atoms with Crippen LogP contribution in [0.15, 0.2) is 42.7 Å². The van der Waals surface area contributed by atoms with Gasteiger partial charge in [-0.15, -0.1) is 0 Å². The van der Waals surface area contributed by atoms with Crippen LogP contribution >= 0.6 is 0 Å². The van der Waals surface area contributed by atoms with Gasteiger partial charge in [-0.25, -0.2) is 9.97 Å². The van der Waals surface area contributed by atoms with E-state index < -0.39 is 0 Å². The van der Waals surface area contributed by atoms with Gasteiger partial charge in [-0.1, -0.05) is 30.3 Å². The van der Waals surface area contributed by atoms with Crippen LogP contribution in [0.5, 0.6) is 0 Å². The number of anilines is 1. The van der Waals surface area contributed by atoms with Crippen molar-refractivity contribution in [2.75, 3.05) is 18.0 Å². The smallest absolute Gasteiger partial charge is 0.225 e. The summed E-state index contributed by atoms with van der Waals surface area (Å²) in [6.45, 7) is 5.14. The van der Waals surface area contributed by atoms with Gasteiger partial charge in [0.05, 0.1) is 0 Å². The Kier molecular flexibility index (Phi) is 4.46. The van der Waals surface area contributed by atoms with E-state index in [2.05, 4.69) is 51.4 Å². The van der Waals surface area contributed by atoms with E-state index in [-0.39, 0.29) is 0 Å². The van der Waals surface area contributed by atoms with E-state index in [9.17, 15) is 0 Å². The summed E-state index contributed by atoms with van der Waals surface area (Å²) in [7, 11) is 0. The molecule has 1 aliphatic rings. The molecule has 0 bridgehead atoms. The molecule has 21 heavy (non-hydrogen) atoms. The molecule has 110 valence electrons. The normalized spacial score (nSPS) is 16.1. The summed E-state index contributed by atoms with van der Waals surface area (Å²) < 4.78 is 0. The van der Waals surface area contributed by atoms with Gasteiger partial charge < -0.3 is 10.2 Å². The minimum absolute atomic E-state index is 0.324. The maximum absolute atomic E-state index is 4.49. The standard InChI is InChI=1S/C17H22N4/c1-14(16-7-3-2-4-8-16)18-11-15-12-19-17(20-13-15)21-9-5-6-10-21/h2-4,7-8,12-14,18H,5-6,9-11H2,1H3/t14-/m0/s1. The van der Waals surface area contributed by atoms with Gasteiger partial charge in [0.25, 0.3) is 0 Å². The maximum atomic E-state index is 4.49. The van der Waals surface area contributed by atoms with E-state index in [4.69, 9.17) is 0 Å². The lowest BCUT2D eigenvalue weighted by atomic mass is 10.1. The zero-order valence-electron chi connectivity index (χ0n) is 12.5. The van der Waals surface area contributed by atoms with Gasteiger partial charge in [-0.2, -0.15) is 0 Å². The van der Waals surface area contributed by atoms with E-state index in [1.54, 1.807) is 0 Å². The fourth-order valence-electron chi connectivity index (χ4n) is 2.65. The maximum Gasteiger partial charge on any atom is 0.225 e. The minimum atomic E-state index is 0.324. The third-order valence-corrected chi connectivity index (χ3v) is 3.99. The molecule has 2 aromatic rings. The largest absolute Gasteiger partial charge is 0.341 e. The van der Waals surface area contributed by atoms with Crippen LogP contribution in [-0.4, -0.2) is 23.1 Å². The van der Waals surface area contributed by atoms with Gasteiger partial charge in [0.2, 0.25) is 5.95 Å². The van der Waals surface area contributed by atoms with Crippen molar-refractivity contribution in [2.24, 2.45) is 0 Å². The highest BCUT2D eigenvalue weighted by Crippen LogP contribution is 2.15. The van der Waals surface area contributed by atoms with E-state index in [0.717, 1.165) is 31.1 Å². The van der Waals surface area contributed by atoms with Crippen LogP contribution in [0.4, 0.5) is 5.95 Å². The Morgan fingerprint density at radius 2 is 1.76 bits per heavy atom. The van der Waals surface area contributed by atoms with Crippen molar-refractivity contribution < 1.29 is 0 Å². The molecular weight excluding hydrogens is 260 g/mol. The lowest BCUT2D eigenvalue weighted by Crippen LogP contribution is -2.21. The summed E-state index contributed by atoms with van der Waals surface area (Å²) in [6.07, 6.45) is 6.37. The molecule has 1 N–H and O–H groups in total. The minimum Gasteiger partial charge on any atom is -0.341 e. The summed E-state index contributed by atoms with van der Waals surface area (Å²) in [5.74, 6) is 0.868. The average molecular weight is 282 g/mol. The molecule has 0 amide bonds. The van der Waals surface area contributed by atoms with Crippen LogP contribution in [0.3, 0.4) is 0 Å². The van der Waals surface area contributed by atoms with Gasteiger partial charge in [0.15, 0.2) is 0 Å². The van der Waals surface area contributed by atoms with Crippen LogP contribution < -0.4 is 10.2 Å². The van der Waals surface area contributed by atoms with Gasteiger partial charge in [0.1, 0.15) is 0 Å². The Hall–Kier alpha value is -1.94. The Morgan fingerprint density at radius 3 is 2.43 bits per heavy atom. The predicted molar refractivity (Wildman–Crippen MR) is 85.2 cm³/mol. The number of nitrogens with one attached hydrogen (secondary N) is 1. The van der Waals surface area contributed by atoms with Crippen molar-refractivity contribution in [3.63, 3.8) is 0 Å². The predicted octanol–water partition coefficient (Wildman–Crippen LogP) is 2.93. The second-order valence-electron chi connectivity index (χ2n) is 5.60. The number of rotatable bonds is 5. The molecule has 1 fully saturated rings. The fourth-order valence-corrected chi connectivity index (χ4v) is 2.65. The molecule has 0 unspecified atom stereocenters. The Balaban J connectivity index is 1.55. The molecule has 0 spiro atoms. The van der Waals surface area contributed by atoms with Crippen LogP contribution in [0.25, 0.3) is 0 Å². The van der Waals surface area contributed by atoms with Gasteiger partial charge in [0, 0.05) is 43.6 Å². The zero-order chi connectivity index (χ0) is 14.5. The first-order chi connectivity index (χ1) is 10.3. The first-order valence-electron chi connectivity index (χ1n) is 7.67. The third-order valence-electron chi connectivity index (χ3n) is 3.99. The van der Waals surface area contributed by atoms with Crippen molar-refractivity contribution in [2.45, 2.75) is 32.4 Å². The molecule has 1 saturated heterocycles. The highest BCUT2D eigenvalue weighted by Gasteiger charge is 2.14. The number of hydrogen-bond donors (Lipinski definition) is 1. The van der Waals surface area contributed by atoms with Crippen molar-refractivity contribution >= 4 is 5.95 Å². The molecule has 0 saturated carbocycles. The van der Waals surface area contributed by atoms with Crippen molar-refractivity contribution in [1.29, 1.82) is 0 Å². The van der Waals surface area contributed by atoms with Crippen molar-refractivity contribution in [3.05, 3.63) is 53.9 Å². The average Bonchev–Trinajstić information content (AvgIpc) is 3.08. The molecule has 1 aromatic carbocycles. The van der Waals surface area contributed by atoms with Gasteiger partial charge in [-0.05, 0) is 25.3 Å². The van der Waals surface area contributed by atoms with E-state index >= 15 is 0 Å². The van der Waals surface area contributed by atoms with Crippen molar-refractivity contribution in [1.82, 2.24) is 15.3 Å². The molecular formula is C17H22N4. The van der Waals surface area contributed by atoms with E-state index in [0.29, 0.717) is 6.04 Å². The summed E-state index contributed by atoms with van der Waals surface area (Å²) in [5, 5.41) is 3.51. The van der Waals surface area contributed by atoms with Gasteiger partial charge >= 0.3 is 0 Å². The highest BCUT2D eigenvalue weighted by atomic mass is 15.3. The van der Waals surface area contributed by atoms with Crippen LogP contribution in [0.2, 0.25) is 0 Å². The summed E-state index contributed by atoms with van der Waals surface area (Å²) in [6, 6.07) is 10.8. The molecule has 0 aliphatic carbocycles. The number of hydrogen-bond acceptors (Lipinski definition) is 4. The first kappa shape index (κ1) is 14.0. The van der Waals surface area contributed by atoms with E-state index in [1.165, 1.54) is 18.4 Å². The van der Waals surface area contributed by atoms with Gasteiger partial charge in [-0.3, -0.25) is 0 Å². The highest BCUT2D eigenvalue weighted by molar-refractivity contribution is 5.31. The summed E-state index contributed by atoms with van der Waals surface area (Å²) in [5.41, 5.74) is 2.42. The quantitative estimate of drug-likeness (QED) is 0.915. The van der Waals surface area contributed by atoms with Crippen LogP contribution in [0, 0.1) is 0 Å². The number of aromatic nitrogens is 2. The Bertz CT molecular complexity index is 547. The second kappa shape index (κ2) is 6.68. The molecule has 4 nitrogen and oxygen atoms in total. The van der Waals surface area contributed by atoms with E-state index in [1.807, 2.05) is 18.5 Å². The Labute approximate surface area is 126 Å².